The number of para-hydroxylation sites is 1. The molecule has 0 radical (unpaired) electrons. The highest BCUT2D eigenvalue weighted by Crippen LogP contribution is 2.65. The number of carbonyl (C=O) groups excluding carboxylic acids is 4. The molecule has 0 spiro atoms. The van der Waals surface area contributed by atoms with Crippen molar-refractivity contribution >= 4 is 35.3 Å². The number of hydrogen-bond acceptors (Lipinski definition) is 8. The van der Waals surface area contributed by atoms with E-state index in [4.69, 9.17) is 4.74 Å². The number of ether oxygens (including phenoxy) is 1. The second-order valence-corrected chi connectivity index (χ2v) is 13.0. The van der Waals surface area contributed by atoms with Gasteiger partial charge in [0.2, 0.25) is 11.8 Å². The monoisotopic (exact) mass is 649 g/mol. The van der Waals surface area contributed by atoms with E-state index in [2.05, 4.69) is 5.43 Å². The number of aryl methyl sites for hydroxylation is 1. The molecule has 4 amide bonds. The van der Waals surface area contributed by atoms with Crippen LogP contribution in [0.25, 0.3) is 0 Å². The number of aliphatic carboxylic acids is 1. The minimum absolute atomic E-state index is 0.0889. The average Bonchev–Trinajstić information content (AvgIpc) is 3.46. The Morgan fingerprint density at radius 1 is 0.938 bits per heavy atom. The van der Waals surface area contributed by atoms with Crippen molar-refractivity contribution in [1.29, 1.82) is 0 Å². The number of likely N-dealkylation sites (tertiary alicyclic amines) is 1. The number of imide groups is 2. The van der Waals surface area contributed by atoms with Gasteiger partial charge in [-0.2, -0.15) is 5.01 Å². The predicted molar refractivity (Wildman–Crippen MR) is 172 cm³/mol. The van der Waals surface area contributed by atoms with Gasteiger partial charge < -0.3 is 14.9 Å². The van der Waals surface area contributed by atoms with Crippen LogP contribution < -0.4 is 10.2 Å². The summed E-state index contributed by atoms with van der Waals surface area (Å²) in [4.78, 5) is 69.7. The van der Waals surface area contributed by atoms with Crippen LogP contribution in [0.5, 0.6) is 11.5 Å². The van der Waals surface area contributed by atoms with Gasteiger partial charge >= 0.3 is 5.97 Å². The van der Waals surface area contributed by atoms with Crippen LogP contribution in [0.4, 0.5) is 5.69 Å². The molecule has 11 heteroatoms. The summed E-state index contributed by atoms with van der Waals surface area (Å²) < 4.78 is 5.48. The molecule has 3 aromatic rings. The van der Waals surface area contributed by atoms with Gasteiger partial charge in [0.05, 0.1) is 42.4 Å². The number of allylic oxidation sites excluding steroid dienone is 2. The largest absolute Gasteiger partial charge is 0.504 e. The molecule has 2 heterocycles. The molecule has 1 saturated carbocycles. The maximum Gasteiger partial charge on any atom is 0.305 e. The van der Waals surface area contributed by atoms with Crippen molar-refractivity contribution in [3.05, 3.63) is 101 Å². The highest BCUT2D eigenvalue weighted by Gasteiger charge is 2.70. The Labute approximate surface area is 276 Å². The van der Waals surface area contributed by atoms with E-state index >= 15 is 4.79 Å². The van der Waals surface area contributed by atoms with E-state index in [0.29, 0.717) is 22.4 Å². The number of aromatic hydroxyl groups is 1. The van der Waals surface area contributed by atoms with E-state index < -0.39 is 64.6 Å². The molecule has 246 valence electrons. The number of benzene rings is 3. The first kappa shape index (κ1) is 31.2. The van der Waals surface area contributed by atoms with Crippen LogP contribution in [0.1, 0.15) is 41.9 Å². The molecule has 6 unspecified atom stereocenters. The molecule has 7 rings (SSSR count). The quantitative estimate of drug-likeness (QED) is 0.241. The molecule has 3 N–H and O–H groups in total. The van der Waals surface area contributed by atoms with Crippen LogP contribution in [0.15, 0.2) is 84.4 Å². The number of carboxylic acids is 1. The molecule has 4 aliphatic rings. The second-order valence-electron chi connectivity index (χ2n) is 13.0. The zero-order chi connectivity index (χ0) is 33.9. The molecule has 2 aliphatic heterocycles. The maximum atomic E-state index is 15.1. The first-order chi connectivity index (χ1) is 23.1. The Balaban J connectivity index is 1.44. The number of phenolic OH excluding ortho intramolecular Hbond substituents is 1. The van der Waals surface area contributed by atoms with Gasteiger partial charge in [0.15, 0.2) is 11.5 Å². The number of carbonyl (C=O) groups is 5. The summed E-state index contributed by atoms with van der Waals surface area (Å²) in [5.41, 5.74) is 4.66. The Morgan fingerprint density at radius 2 is 1.67 bits per heavy atom. The van der Waals surface area contributed by atoms with E-state index in [9.17, 15) is 29.4 Å². The lowest BCUT2D eigenvalue weighted by atomic mass is 9.49. The molecule has 6 atom stereocenters. The Kier molecular flexibility index (Phi) is 7.57. The fourth-order valence-electron chi connectivity index (χ4n) is 8.52. The fraction of sp³-hybridized carbons (Fsp3) is 0.324. The van der Waals surface area contributed by atoms with Crippen molar-refractivity contribution in [2.24, 2.45) is 23.7 Å². The summed E-state index contributed by atoms with van der Waals surface area (Å²) in [6, 6.07) is 21.3. The summed E-state index contributed by atoms with van der Waals surface area (Å²) in [6.45, 7) is 1.69. The van der Waals surface area contributed by atoms with E-state index in [1.807, 2.05) is 43.3 Å². The number of hydrazine groups is 1. The van der Waals surface area contributed by atoms with Gasteiger partial charge in [0.1, 0.15) is 0 Å². The second kappa shape index (κ2) is 11.7. The Bertz CT molecular complexity index is 1870. The van der Waals surface area contributed by atoms with Gasteiger partial charge in [-0.05, 0) is 49.4 Å². The van der Waals surface area contributed by atoms with Crippen molar-refractivity contribution in [2.45, 2.75) is 37.5 Å². The molecule has 2 saturated heterocycles. The zero-order valence-corrected chi connectivity index (χ0v) is 26.5. The maximum absolute atomic E-state index is 15.1. The van der Waals surface area contributed by atoms with E-state index in [1.54, 1.807) is 42.5 Å². The van der Waals surface area contributed by atoms with Gasteiger partial charge in [-0.15, -0.1) is 0 Å². The Hall–Kier alpha value is -5.45. The van der Waals surface area contributed by atoms with Gasteiger partial charge in [-0.1, -0.05) is 71.8 Å². The number of fused-ring (bicyclic) bond motifs is 4. The zero-order valence-electron chi connectivity index (χ0n) is 26.5. The topological polar surface area (TPSA) is 154 Å². The average molecular weight is 650 g/mol. The van der Waals surface area contributed by atoms with Gasteiger partial charge in [0.25, 0.3) is 11.8 Å². The molecule has 48 heavy (non-hydrogen) atoms. The molecule has 0 bridgehead atoms. The smallest absolute Gasteiger partial charge is 0.305 e. The molecule has 0 aromatic heterocycles. The third kappa shape index (κ3) is 4.51. The van der Waals surface area contributed by atoms with E-state index in [0.717, 1.165) is 15.5 Å². The summed E-state index contributed by atoms with van der Waals surface area (Å²) in [6.07, 6.45) is 1.78. The lowest BCUT2D eigenvalue weighted by Crippen LogP contribution is -2.53. The van der Waals surface area contributed by atoms with Gasteiger partial charge in [0, 0.05) is 18.0 Å². The third-order valence-electron chi connectivity index (χ3n) is 10.6. The number of methoxy groups -OCH3 is 1. The summed E-state index contributed by atoms with van der Waals surface area (Å²) >= 11 is 0. The summed E-state index contributed by atoms with van der Waals surface area (Å²) in [7, 11) is 1.43. The molecule has 3 fully saturated rings. The highest BCUT2D eigenvalue weighted by atomic mass is 16.5. The molecular formula is C37H35N3O8. The van der Waals surface area contributed by atoms with Crippen molar-refractivity contribution < 1.29 is 38.9 Å². The van der Waals surface area contributed by atoms with Crippen molar-refractivity contribution in [2.75, 3.05) is 19.1 Å². The minimum atomic E-state index is -1.54. The lowest BCUT2D eigenvalue weighted by molar-refractivity contribution is -0.143. The first-order valence-electron chi connectivity index (χ1n) is 16.0. The van der Waals surface area contributed by atoms with E-state index in [-0.39, 0.29) is 37.3 Å². The lowest BCUT2D eigenvalue weighted by Gasteiger charge is -2.50. The van der Waals surface area contributed by atoms with Gasteiger partial charge in [-0.3, -0.25) is 34.3 Å². The predicted octanol–water partition coefficient (Wildman–Crippen LogP) is 4.17. The number of amides is 4. The standard InChI is InChI=1S/C37H35N3O8/c1-20-11-13-22(14-12-20)38-40-34(45)27-19-26-23(15-16-24-30(26)35(46)39(33(24)44)18-17-29(41)42)31(25-9-6-10-28(48-2)32(25)43)37(27,36(40)47)21-7-4-3-5-8-21/h3-15,24,26-27,30-31,38,43H,16-19H2,1-2H3,(H,41,42). The Morgan fingerprint density at radius 3 is 2.35 bits per heavy atom. The molecule has 11 nitrogen and oxygen atoms in total. The number of anilines is 1. The highest BCUT2D eigenvalue weighted by molar-refractivity contribution is 6.13. The number of rotatable bonds is 8. The van der Waals surface area contributed by atoms with Crippen LogP contribution >= 0.6 is 0 Å². The SMILES string of the molecule is COc1cccc(C2C3=CCC4C(=O)N(CCC(=O)O)C(=O)C4C3CC3C(=O)N(Nc4ccc(C)cc4)C(=O)C32c2ccccc2)c1O. The molecule has 3 aromatic carbocycles. The number of nitrogens with zero attached hydrogens (tertiary/aromatic N) is 2. The normalized spacial score (nSPS) is 27.7. The van der Waals surface area contributed by atoms with Crippen molar-refractivity contribution in [3.8, 4) is 11.5 Å². The number of carboxylic acid groups (broad SMARTS) is 1. The first-order valence-corrected chi connectivity index (χ1v) is 16.0. The molecular weight excluding hydrogens is 614 g/mol. The number of phenols is 1. The van der Waals surface area contributed by atoms with Gasteiger partial charge in [-0.25, -0.2) is 0 Å². The van der Waals surface area contributed by atoms with Crippen molar-refractivity contribution in [3.63, 3.8) is 0 Å². The summed E-state index contributed by atoms with van der Waals surface area (Å²) in [5, 5.41) is 22.0. The summed E-state index contributed by atoms with van der Waals surface area (Å²) in [5.74, 6) is -7.15. The fourth-order valence-corrected chi connectivity index (χ4v) is 8.52. The third-order valence-corrected chi connectivity index (χ3v) is 10.6. The molecule has 2 aliphatic carbocycles. The number of hydrogen-bond donors (Lipinski definition) is 3. The van der Waals surface area contributed by atoms with Crippen LogP contribution in [0.2, 0.25) is 0 Å². The van der Waals surface area contributed by atoms with Crippen LogP contribution in [-0.4, -0.2) is 63.4 Å². The number of nitrogens with one attached hydrogen (secondary N) is 1. The van der Waals surface area contributed by atoms with Crippen LogP contribution in [-0.2, 0) is 29.4 Å². The van der Waals surface area contributed by atoms with Crippen LogP contribution in [0.3, 0.4) is 0 Å². The van der Waals surface area contributed by atoms with Crippen LogP contribution in [0, 0.1) is 30.6 Å². The van der Waals surface area contributed by atoms with Crippen molar-refractivity contribution in [1.82, 2.24) is 9.91 Å². The van der Waals surface area contributed by atoms with E-state index in [1.165, 1.54) is 7.11 Å². The minimum Gasteiger partial charge on any atom is -0.504 e.